The van der Waals surface area contributed by atoms with Gasteiger partial charge < -0.3 is 15.3 Å². The highest BCUT2D eigenvalue weighted by Crippen LogP contribution is 2.27. The maximum Gasteiger partial charge on any atom is 0.198 e. The Hall–Kier alpha value is -1.60. The lowest BCUT2D eigenvalue weighted by atomic mass is 10.1. The Morgan fingerprint density at radius 3 is 2.74 bits per heavy atom. The van der Waals surface area contributed by atoms with E-state index in [1.807, 2.05) is 25.2 Å². The normalized spacial score (nSPS) is 13.5. The van der Waals surface area contributed by atoms with Crippen molar-refractivity contribution in [2.24, 2.45) is 4.99 Å². The van der Waals surface area contributed by atoms with Crippen molar-refractivity contribution in [1.82, 2.24) is 5.32 Å². The minimum Gasteiger partial charge on any atom is -0.392 e. The zero-order chi connectivity index (χ0) is 15.4. The molecule has 1 aliphatic rings. The van der Waals surface area contributed by atoms with Crippen LogP contribution < -0.4 is 10.2 Å². The predicted octanol–water partition coefficient (Wildman–Crippen LogP) is 2.94. The van der Waals surface area contributed by atoms with Crippen molar-refractivity contribution in [3.05, 3.63) is 65.2 Å². The van der Waals surface area contributed by atoms with Crippen LogP contribution in [0.2, 0.25) is 0 Å². The summed E-state index contributed by atoms with van der Waals surface area (Å²) in [4.78, 5) is 6.64. The molecule has 0 amide bonds. The minimum atomic E-state index is 0. The third-order valence-electron chi connectivity index (χ3n) is 3.98. The maximum atomic E-state index is 9.22. The molecule has 0 fully saturated rings. The van der Waals surface area contributed by atoms with Crippen LogP contribution in [0.25, 0.3) is 0 Å². The van der Waals surface area contributed by atoms with Crippen LogP contribution in [0.5, 0.6) is 0 Å². The van der Waals surface area contributed by atoms with Gasteiger partial charge in [0.2, 0.25) is 0 Å². The molecule has 2 aromatic rings. The van der Waals surface area contributed by atoms with Gasteiger partial charge >= 0.3 is 0 Å². The lowest BCUT2D eigenvalue weighted by molar-refractivity contribution is 0.281. The van der Waals surface area contributed by atoms with E-state index in [1.165, 1.54) is 11.3 Å². The Morgan fingerprint density at radius 2 is 1.96 bits per heavy atom. The fourth-order valence-electron chi connectivity index (χ4n) is 2.87. The van der Waals surface area contributed by atoms with Gasteiger partial charge in [0.05, 0.1) is 6.61 Å². The van der Waals surface area contributed by atoms with Gasteiger partial charge in [-0.15, -0.1) is 24.0 Å². The molecule has 0 aromatic heterocycles. The smallest absolute Gasteiger partial charge is 0.198 e. The molecule has 122 valence electrons. The number of hydrogen-bond donors (Lipinski definition) is 2. The average Bonchev–Trinajstić information content (AvgIpc) is 3.00. The number of aliphatic imine (C=N–C) groups is 1. The number of rotatable bonds is 3. The highest BCUT2D eigenvalue weighted by Gasteiger charge is 2.22. The second-order valence-electron chi connectivity index (χ2n) is 5.41. The van der Waals surface area contributed by atoms with Gasteiger partial charge in [0.15, 0.2) is 5.96 Å². The van der Waals surface area contributed by atoms with E-state index in [9.17, 15) is 5.11 Å². The van der Waals surface area contributed by atoms with Crippen LogP contribution in [0, 0.1) is 0 Å². The molecule has 3 rings (SSSR count). The molecule has 0 spiro atoms. The summed E-state index contributed by atoms with van der Waals surface area (Å²) in [5.41, 5.74) is 4.67. The molecule has 0 bridgehead atoms. The van der Waals surface area contributed by atoms with E-state index < -0.39 is 0 Å². The Kier molecular flexibility index (Phi) is 6.41. The molecule has 1 aliphatic heterocycles. The van der Waals surface area contributed by atoms with Crippen molar-refractivity contribution >= 4 is 35.6 Å². The number of nitrogens with one attached hydrogen (secondary N) is 1. The van der Waals surface area contributed by atoms with Crippen molar-refractivity contribution in [2.75, 3.05) is 18.5 Å². The second-order valence-corrected chi connectivity index (χ2v) is 5.41. The standard InChI is InChI=1S/C18H21N3O.HI/c1-19-18(20-12-14-5-4-6-15(11-14)13-22)21-10-9-16-7-2-3-8-17(16)21;/h2-8,11,22H,9-10,12-13H2,1H3,(H,19,20);1H. The fraction of sp³-hybridized carbons (Fsp3) is 0.278. The summed E-state index contributed by atoms with van der Waals surface area (Å²) in [5.74, 6) is 0.888. The summed E-state index contributed by atoms with van der Waals surface area (Å²) < 4.78 is 0. The summed E-state index contributed by atoms with van der Waals surface area (Å²) in [6.45, 7) is 1.72. The highest BCUT2D eigenvalue weighted by atomic mass is 127. The molecule has 1 heterocycles. The summed E-state index contributed by atoms with van der Waals surface area (Å²) in [6.07, 6.45) is 1.05. The second kappa shape index (κ2) is 8.31. The molecule has 5 heteroatoms. The van der Waals surface area contributed by atoms with E-state index in [4.69, 9.17) is 0 Å². The predicted molar refractivity (Wildman–Crippen MR) is 105 cm³/mol. The van der Waals surface area contributed by atoms with E-state index >= 15 is 0 Å². The van der Waals surface area contributed by atoms with Gasteiger partial charge in [0, 0.05) is 25.8 Å². The largest absolute Gasteiger partial charge is 0.392 e. The van der Waals surface area contributed by atoms with E-state index in [-0.39, 0.29) is 30.6 Å². The van der Waals surface area contributed by atoms with Gasteiger partial charge in [0.25, 0.3) is 0 Å². The van der Waals surface area contributed by atoms with E-state index in [0.717, 1.165) is 30.1 Å². The molecule has 23 heavy (non-hydrogen) atoms. The first-order chi connectivity index (χ1) is 10.8. The van der Waals surface area contributed by atoms with Crippen molar-refractivity contribution in [2.45, 2.75) is 19.6 Å². The zero-order valence-electron chi connectivity index (χ0n) is 13.2. The van der Waals surface area contributed by atoms with Crippen molar-refractivity contribution in [3.63, 3.8) is 0 Å². The number of para-hydroxylation sites is 1. The molecule has 0 saturated heterocycles. The van der Waals surface area contributed by atoms with E-state index in [0.29, 0.717) is 6.54 Å². The number of nitrogens with zero attached hydrogens (tertiary/aromatic N) is 2. The molecule has 4 nitrogen and oxygen atoms in total. The molecule has 2 aromatic carbocycles. The van der Waals surface area contributed by atoms with Crippen LogP contribution in [0.4, 0.5) is 5.69 Å². The van der Waals surface area contributed by atoms with Gasteiger partial charge in [0.1, 0.15) is 0 Å². The van der Waals surface area contributed by atoms with Crippen LogP contribution >= 0.6 is 24.0 Å². The number of fused-ring (bicyclic) bond motifs is 1. The van der Waals surface area contributed by atoms with Crippen LogP contribution in [0.3, 0.4) is 0 Å². The number of hydrogen-bond acceptors (Lipinski definition) is 2. The third kappa shape index (κ3) is 4.03. The van der Waals surface area contributed by atoms with E-state index in [1.54, 1.807) is 0 Å². The van der Waals surface area contributed by atoms with Gasteiger partial charge in [-0.1, -0.05) is 42.5 Å². The first-order valence-electron chi connectivity index (χ1n) is 7.56. The SMILES string of the molecule is CN=C(NCc1cccc(CO)c1)N1CCc2ccccc21.I. The van der Waals surface area contributed by atoms with E-state index in [2.05, 4.69) is 45.5 Å². The highest BCUT2D eigenvalue weighted by molar-refractivity contribution is 14.0. The molecular weight excluding hydrogens is 401 g/mol. The topological polar surface area (TPSA) is 47.9 Å². The lowest BCUT2D eigenvalue weighted by Gasteiger charge is -2.22. The Bertz CT molecular complexity index is 687. The number of halogens is 1. The monoisotopic (exact) mass is 423 g/mol. The Balaban J connectivity index is 0.00000192. The molecule has 0 atom stereocenters. The molecule has 2 N–H and O–H groups in total. The van der Waals surface area contributed by atoms with Gasteiger partial charge in [-0.25, -0.2) is 0 Å². The van der Waals surface area contributed by atoms with Gasteiger partial charge in [-0.2, -0.15) is 0 Å². The molecule has 0 radical (unpaired) electrons. The minimum absolute atomic E-state index is 0. The zero-order valence-corrected chi connectivity index (χ0v) is 15.5. The van der Waals surface area contributed by atoms with Crippen LogP contribution in [0.15, 0.2) is 53.5 Å². The van der Waals surface area contributed by atoms with Crippen molar-refractivity contribution in [1.29, 1.82) is 0 Å². The number of guanidine groups is 1. The molecule has 0 aliphatic carbocycles. The summed E-state index contributed by atoms with van der Waals surface area (Å²) in [7, 11) is 1.81. The molecule has 0 unspecified atom stereocenters. The van der Waals surface area contributed by atoms with Crippen LogP contribution in [0.1, 0.15) is 16.7 Å². The Labute approximate surface area is 154 Å². The summed E-state index contributed by atoms with van der Waals surface area (Å²) >= 11 is 0. The van der Waals surface area contributed by atoms with Crippen molar-refractivity contribution < 1.29 is 5.11 Å². The average molecular weight is 423 g/mol. The summed E-state index contributed by atoms with van der Waals surface area (Å²) in [6, 6.07) is 16.4. The first-order valence-corrected chi connectivity index (χ1v) is 7.56. The summed E-state index contributed by atoms with van der Waals surface area (Å²) in [5, 5.41) is 12.6. The van der Waals surface area contributed by atoms with Gasteiger partial charge in [-0.3, -0.25) is 4.99 Å². The quantitative estimate of drug-likeness (QED) is 0.454. The maximum absolute atomic E-state index is 9.22. The number of anilines is 1. The lowest BCUT2D eigenvalue weighted by Crippen LogP contribution is -2.40. The number of aliphatic hydroxyl groups excluding tert-OH is 1. The third-order valence-corrected chi connectivity index (χ3v) is 3.98. The fourth-order valence-corrected chi connectivity index (χ4v) is 2.87. The van der Waals surface area contributed by atoms with Crippen LogP contribution in [-0.2, 0) is 19.6 Å². The number of aliphatic hydroxyl groups is 1. The van der Waals surface area contributed by atoms with Gasteiger partial charge in [-0.05, 0) is 29.2 Å². The molecular formula is C18H22IN3O. The number of benzene rings is 2. The van der Waals surface area contributed by atoms with Crippen LogP contribution in [-0.4, -0.2) is 24.7 Å². The molecule has 0 saturated carbocycles. The van der Waals surface area contributed by atoms with Crippen molar-refractivity contribution in [3.8, 4) is 0 Å². The Morgan fingerprint density at radius 1 is 1.17 bits per heavy atom. The first kappa shape index (κ1) is 17.7.